The standard InChI is InChI=1S/C29H21ClF3N3O2/c30-22-10-6-20(7-11-22)27-26(19-4-2-1-3-5-19)18-36(35-27)28(37)34-23-12-16-25(17-13-23)38-24-14-8-21(9-15-24)29(31,32)33/h1-17,26H,18H2,(H,34,37). The molecule has 1 unspecified atom stereocenters. The Morgan fingerprint density at radius 2 is 1.47 bits per heavy atom. The van der Waals surface area contributed by atoms with Gasteiger partial charge < -0.3 is 10.1 Å². The Bertz CT molecular complexity index is 1440. The van der Waals surface area contributed by atoms with Crippen LogP contribution in [0.5, 0.6) is 11.5 Å². The number of hydrogen-bond donors (Lipinski definition) is 1. The molecule has 9 heteroatoms. The third kappa shape index (κ3) is 5.81. The second-order valence-electron chi connectivity index (χ2n) is 8.62. The smallest absolute Gasteiger partial charge is 0.416 e. The Balaban J connectivity index is 1.28. The zero-order valence-electron chi connectivity index (χ0n) is 19.8. The van der Waals surface area contributed by atoms with Gasteiger partial charge in [-0.2, -0.15) is 18.3 Å². The summed E-state index contributed by atoms with van der Waals surface area (Å²) in [4.78, 5) is 13.1. The number of alkyl halides is 3. The normalized spacial score (nSPS) is 15.2. The Morgan fingerprint density at radius 3 is 2.08 bits per heavy atom. The molecule has 5 rings (SSSR count). The van der Waals surface area contributed by atoms with Gasteiger partial charge in [-0.15, -0.1) is 0 Å². The minimum atomic E-state index is -4.41. The molecule has 0 aliphatic carbocycles. The number of carbonyl (C=O) groups excluding carboxylic acids is 1. The van der Waals surface area contributed by atoms with Crippen LogP contribution in [0, 0.1) is 0 Å². The van der Waals surface area contributed by atoms with E-state index in [9.17, 15) is 18.0 Å². The van der Waals surface area contributed by atoms with Crippen molar-refractivity contribution in [2.24, 2.45) is 5.10 Å². The van der Waals surface area contributed by atoms with Crippen molar-refractivity contribution in [3.05, 3.63) is 125 Å². The molecule has 1 aliphatic heterocycles. The molecule has 0 spiro atoms. The Labute approximate surface area is 222 Å². The summed E-state index contributed by atoms with van der Waals surface area (Å²) in [7, 11) is 0. The summed E-state index contributed by atoms with van der Waals surface area (Å²) in [6.45, 7) is 0.364. The molecule has 5 nitrogen and oxygen atoms in total. The molecule has 0 bridgehead atoms. The molecule has 0 fully saturated rings. The van der Waals surface area contributed by atoms with Crippen LogP contribution in [0.4, 0.5) is 23.7 Å². The molecule has 0 saturated carbocycles. The van der Waals surface area contributed by atoms with Crippen LogP contribution in [0.15, 0.2) is 108 Å². The first kappa shape index (κ1) is 25.4. The van der Waals surface area contributed by atoms with E-state index in [2.05, 4.69) is 10.4 Å². The minimum absolute atomic E-state index is 0.109. The lowest BCUT2D eigenvalue weighted by Gasteiger charge is -2.16. The van der Waals surface area contributed by atoms with Gasteiger partial charge >= 0.3 is 12.2 Å². The number of ether oxygens (including phenoxy) is 1. The quantitative estimate of drug-likeness (QED) is 0.280. The number of amides is 2. The number of anilines is 1. The minimum Gasteiger partial charge on any atom is -0.457 e. The molecule has 1 N–H and O–H groups in total. The first-order chi connectivity index (χ1) is 18.3. The summed E-state index contributed by atoms with van der Waals surface area (Å²) in [5.74, 6) is 0.571. The number of nitrogens with one attached hydrogen (secondary N) is 1. The van der Waals surface area contributed by atoms with E-state index in [-0.39, 0.29) is 11.7 Å². The summed E-state index contributed by atoms with van der Waals surface area (Å²) in [5.41, 5.74) is 2.45. The number of carbonyl (C=O) groups is 1. The molecular formula is C29H21ClF3N3O2. The van der Waals surface area contributed by atoms with Crippen molar-refractivity contribution in [1.82, 2.24) is 5.01 Å². The van der Waals surface area contributed by atoms with Crippen LogP contribution in [-0.2, 0) is 6.18 Å². The summed E-state index contributed by atoms with van der Waals surface area (Å²) in [6.07, 6.45) is -4.41. The maximum Gasteiger partial charge on any atom is 0.416 e. The molecule has 4 aromatic rings. The van der Waals surface area contributed by atoms with Crippen molar-refractivity contribution >= 4 is 29.0 Å². The third-order valence-corrected chi connectivity index (χ3v) is 6.27. The average molecular weight is 536 g/mol. The van der Waals surface area contributed by atoms with Crippen LogP contribution in [0.2, 0.25) is 5.02 Å². The molecule has 1 heterocycles. The van der Waals surface area contributed by atoms with Crippen LogP contribution in [0.25, 0.3) is 0 Å². The Kier molecular flexibility index (Phi) is 7.07. The molecular weight excluding hydrogens is 515 g/mol. The van der Waals surface area contributed by atoms with Gasteiger partial charge in [0.15, 0.2) is 0 Å². The third-order valence-electron chi connectivity index (χ3n) is 6.01. The van der Waals surface area contributed by atoms with Crippen LogP contribution >= 0.6 is 11.6 Å². The molecule has 192 valence electrons. The second kappa shape index (κ2) is 10.6. The highest BCUT2D eigenvalue weighted by atomic mass is 35.5. The molecule has 1 atom stereocenters. The number of nitrogens with zero attached hydrogens (tertiary/aromatic N) is 2. The topological polar surface area (TPSA) is 53.9 Å². The average Bonchev–Trinajstić information content (AvgIpc) is 3.36. The van der Waals surface area contributed by atoms with Gasteiger partial charge in [-0.25, -0.2) is 9.80 Å². The van der Waals surface area contributed by atoms with Gasteiger partial charge in [-0.05, 0) is 71.8 Å². The maximum atomic E-state index is 13.1. The van der Waals surface area contributed by atoms with E-state index in [4.69, 9.17) is 16.3 Å². The number of rotatable bonds is 5. The van der Waals surface area contributed by atoms with Crippen molar-refractivity contribution in [1.29, 1.82) is 0 Å². The zero-order valence-corrected chi connectivity index (χ0v) is 20.6. The number of halogens is 4. The van der Waals surface area contributed by atoms with Crippen LogP contribution in [-0.4, -0.2) is 23.3 Å². The fourth-order valence-electron chi connectivity index (χ4n) is 4.10. The van der Waals surface area contributed by atoms with Crippen molar-refractivity contribution < 1.29 is 22.7 Å². The predicted molar refractivity (Wildman–Crippen MR) is 141 cm³/mol. The number of hydrazone groups is 1. The highest BCUT2D eigenvalue weighted by Crippen LogP contribution is 2.32. The van der Waals surface area contributed by atoms with Gasteiger partial charge in [0.2, 0.25) is 0 Å². The van der Waals surface area contributed by atoms with Crippen molar-refractivity contribution in [3.8, 4) is 11.5 Å². The highest BCUT2D eigenvalue weighted by molar-refractivity contribution is 6.30. The lowest BCUT2D eigenvalue weighted by Crippen LogP contribution is -2.30. The van der Waals surface area contributed by atoms with Gasteiger partial charge in [0.1, 0.15) is 11.5 Å². The molecule has 38 heavy (non-hydrogen) atoms. The summed E-state index contributed by atoms with van der Waals surface area (Å²) >= 11 is 6.06. The molecule has 1 aliphatic rings. The summed E-state index contributed by atoms with van der Waals surface area (Å²) < 4.78 is 43.9. The van der Waals surface area contributed by atoms with Crippen LogP contribution < -0.4 is 10.1 Å². The summed E-state index contributed by atoms with van der Waals surface area (Å²) in [5, 5.41) is 9.47. The zero-order chi connectivity index (χ0) is 26.7. The van der Waals surface area contributed by atoms with E-state index in [0.29, 0.717) is 23.0 Å². The van der Waals surface area contributed by atoms with Crippen LogP contribution in [0.1, 0.15) is 22.6 Å². The molecule has 0 saturated heterocycles. The first-order valence-corrected chi connectivity index (χ1v) is 12.1. The number of hydrogen-bond acceptors (Lipinski definition) is 3. The van der Waals surface area contributed by atoms with Crippen molar-refractivity contribution in [2.45, 2.75) is 12.1 Å². The SMILES string of the molecule is O=C(Nc1ccc(Oc2ccc(C(F)(F)F)cc2)cc1)N1CC(c2ccccc2)C(c2ccc(Cl)cc2)=N1. The van der Waals surface area contributed by atoms with E-state index >= 15 is 0 Å². The number of benzene rings is 4. The van der Waals surface area contributed by atoms with Gasteiger partial charge in [0.05, 0.1) is 17.8 Å². The van der Waals surface area contributed by atoms with E-state index in [1.165, 1.54) is 17.1 Å². The van der Waals surface area contributed by atoms with Crippen molar-refractivity contribution in [3.63, 3.8) is 0 Å². The van der Waals surface area contributed by atoms with Gasteiger partial charge in [0, 0.05) is 16.6 Å². The fourth-order valence-corrected chi connectivity index (χ4v) is 4.22. The Morgan fingerprint density at radius 1 is 0.868 bits per heavy atom. The Hall–Kier alpha value is -4.30. The summed E-state index contributed by atoms with van der Waals surface area (Å²) in [6, 6.07) is 27.8. The van der Waals surface area contributed by atoms with Gasteiger partial charge in [-0.3, -0.25) is 0 Å². The lowest BCUT2D eigenvalue weighted by molar-refractivity contribution is -0.137. The van der Waals surface area contributed by atoms with E-state index in [0.717, 1.165) is 29.0 Å². The maximum absolute atomic E-state index is 13.1. The van der Waals surface area contributed by atoms with Gasteiger partial charge in [0.25, 0.3) is 0 Å². The van der Waals surface area contributed by atoms with Gasteiger partial charge in [-0.1, -0.05) is 54.1 Å². The molecule has 0 aromatic heterocycles. The number of urea groups is 1. The highest BCUT2D eigenvalue weighted by Gasteiger charge is 2.32. The monoisotopic (exact) mass is 535 g/mol. The first-order valence-electron chi connectivity index (χ1n) is 11.7. The van der Waals surface area contributed by atoms with Crippen LogP contribution in [0.3, 0.4) is 0 Å². The fraction of sp³-hybridized carbons (Fsp3) is 0.103. The molecule has 2 amide bonds. The van der Waals surface area contributed by atoms with E-state index in [1.807, 2.05) is 42.5 Å². The van der Waals surface area contributed by atoms with Crippen molar-refractivity contribution in [2.75, 3.05) is 11.9 Å². The van der Waals surface area contributed by atoms with E-state index in [1.54, 1.807) is 36.4 Å². The lowest BCUT2D eigenvalue weighted by atomic mass is 9.91. The largest absolute Gasteiger partial charge is 0.457 e. The van der Waals surface area contributed by atoms with E-state index < -0.39 is 17.8 Å². The predicted octanol–water partition coefficient (Wildman–Crippen LogP) is 8.19. The molecule has 0 radical (unpaired) electrons. The molecule has 4 aromatic carbocycles. The second-order valence-corrected chi connectivity index (χ2v) is 9.05.